The predicted molar refractivity (Wildman–Crippen MR) is 62.0 cm³/mol. The highest BCUT2D eigenvalue weighted by molar-refractivity contribution is 5.14. The average molecular weight is 205 g/mol. The topological polar surface area (TPSA) is 12.5 Å². The van der Waals surface area contributed by atoms with E-state index >= 15 is 0 Å². The van der Waals surface area contributed by atoms with Gasteiger partial charge in [0.1, 0.15) is 0 Å². The zero-order valence-corrected chi connectivity index (χ0v) is 9.36. The number of morpholine rings is 1. The molecule has 1 heterocycles. The van der Waals surface area contributed by atoms with Gasteiger partial charge in [0.15, 0.2) is 0 Å². The summed E-state index contributed by atoms with van der Waals surface area (Å²) in [6.07, 6.45) is 2.68. The van der Waals surface area contributed by atoms with E-state index in [2.05, 4.69) is 42.3 Å². The molecule has 1 saturated heterocycles. The number of benzene rings is 1. The van der Waals surface area contributed by atoms with Gasteiger partial charge in [-0.1, -0.05) is 30.3 Å². The number of ether oxygens (including phenoxy) is 1. The van der Waals surface area contributed by atoms with Gasteiger partial charge in [-0.25, -0.2) is 0 Å². The van der Waals surface area contributed by atoms with Crippen molar-refractivity contribution in [3.63, 3.8) is 0 Å². The second kappa shape index (κ2) is 5.29. The lowest BCUT2D eigenvalue weighted by Gasteiger charge is -2.30. The van der Waals surface area contributed by atoms with Gasteiger partial charge in [0.2, 0.25) is 0 Å². The molecule has 0 bridgehead atoms. The summed E-state index contributed by atoms with van der Waals surface area (Å²) < 4.78 is 5.73. The van der Waals surface area contributed by atoms with Crippen LogP contribution in [0.2, 0.25) is 0 Å². The molecule has 0 N–H and O–H groups in total. The van der Waals surface area contributed by atoms with Crippen molar-refractivity contribution in [2.24, 2.45) is 0 Å². The van der Waals surface area contributed by atoms with Crippen LogP contribution in [0.1, 0.15) is 12.0 Å². The maximum atomic E-state index is 5.73. The van der Waals surface area contributed by atoms with Crippen molar-refractivity contribution in [1.29, 1.82) is 0 Å². The SMILES string of the molecule is CN1CCOC(CCc2ccccc2)C1. The molecule has 2 nitrogen and oxygen atoms in total. The molecule has 1 unspecified atom stereocenters. The molecule has 1 fully saturated rings. The lowest BCUT2D eigenvalue weighted by molar-refractivity contribution is -0.0229. The lowest BCUT2D eigenvalue weighted by atomic mass is 10.1. The first kappa shape index (κ1) is 10.7. The molecular formula is C13H19NO. The van der Waals surface area contributed by atoms with E-state index in [-0.39, 0.29) is 0 Å². The number of hydrogen-bond donors (Lipinski definition) is 0. The lowest BCUT2D eigenvalue weighted by Crippen LogP contribution is -2.40. The van der Waals surface area contributed by atoms with Crippen molar-refractivity contribution in [2.75, 3.05) is 26.7 Å². The summed E-state index contributed by atoms with van der Waals surface area (Å²) in [5, 5.41) is 0. The zero-order valence-electron chi connectivity index (χ0n) is 9.36. The quantitative estimate of drug-likeness (QED) is 0.748. The minimum Gasteiger partial charge on any atom is -0.376 e. The summed E-state index contributed by atoms with van der Waals surface area (Å²) in [5.74, 6) is 0. The first-order chi connectivity index (χ1) is 7.34. The van der Waals surface area contributed by atoms with Gasteiger partial charge in [0.05, 0.1) is 12.7 Å². The molecule has 1 aromatic rings. The highest BCUT2D eigenvalue weighted by atomic mass is 16.5. The van der Waals surface area contributed by atoms with Crippen LogP contribution in [0.3, 0.4) is 0 Å². The summed E-state index contributed by atoms with van der Waals surface area (Å²) in [7, 11) is 2.16. The van der Waals surface area contributed by atoms with Crippen LogP contribution in [0, 0.1) is 0 Å². The van der Waals surface area contributed by atoms with Gasteiger partial charge in [-0.05, 0) is 25.5 Å². The van der Waals surface area contributed by atoms with Crippen molar-refractivity contribution < 1.29 is 4.74 Å². The molecule has 0 saturated carbocycles. The van der Waals surface area contributed by atoms with Crippen LogP contribution in [0.4, 0.5) is 0 Å². The first-order valence-electron chi connectivity index (χ1n) is 5.68. The third-order valence-electron chi connectivity index (χ3n) is 2.94. The van der Waals surface area contributed by atoms with Gasteiger partial charge in [-0.3, -0.25) is 0 Å². The Labute approximate surface area is 91.9 Å². The van der Waals surface area contributed by atoms with Gasteiger partial charge >= 0.3 is 0 Å². The molecule has 0 aromatic heterocycles. The second-order valence-electron chi connectivity index (χ2n) is 4.28. The minimum atomic E-state index is 0.420. The van der Waals surface area contributed by atoms with Gasteiger partial charge in [-0.15, -0.1) is 0 Å². The number of hydrogen-bond acceptors (Lipinski definition) is 2. The summed E-state index contributed by atoms with van der Waals surface area (Å²) in [6.45, 7) is 3.03. The molecule has 1 aliphatic heterocycles. The van der Waals surface area contributed by atoms with E-state index in [1.807, 2.05) is 0 Å². The summed E-state index contributed by atoms with van der Waals surface area (Å²) in [6, 6.07) is 10.6. The molecule has 1 aliphatic rings. The van der Waals surface area contributed by atoms with E-state index in [1.165, 1.54) is 5.56 Å². The maximum absolute atomic E-state index is 5.73. The first-order valence-corrected chi connectivity index (χ1v) is 5.68. The number of aryl methyl sites for hydroxylation is 1. The Morgan fingerprint density at radius 2 is 2.13 bits per heavy atom. The Balaban J connectivity index is 1.78. The zero-order chi connectivity index (χ0) is 10.5. The Morgan fingerprint density at radius 3 is 2.87 bits per heavy atom. The molecule has 0 spiro atoms. The molecule has 1 atom stereocenters. The van der Waals surface area contributed by atoms with Crippen LogP contribution in [0.25, 0.3) is 0 Å². The fourth-order valence-electron chi connectivity index (χ4n) is 2.01. The maximum Gasteiger partial charge on any atom is 0.0705 e. The van der Waals surface area contributed by atoms with Crippen LogP contribution in [-0.4, -0.2) is 37.7 Å². The molecule has 0 amide bonds. The molecule has 1 aromatic carbocycles. The minimum absolute atomic E-state index is 0.420. The van der Waals surface area contributed by atoms with Crippen LogP contribution in [0.15, 0.2) is 30.3 Å². The Hall–Kier alpha value is -0.860. The monoisotopic (exact) mass is 205 g/mol. The molecule has 2 heteroatoms. The van der Waals surface area contributed by atoms with Gasteiger partial charge < -0.3 is 9.64 Å². The number of rotatable bonds is 3. The Bertz CT molecular complexity index is 286. The predicted octanol–water partition coefficient (Wildman–Crippen LogP) is 1.95. The standard InChI is InChI=1S/C13H19NO/c1-14-9-10-15-13(11-14)8-7-12-5-3-2-4-6-12/h2-6,13H,7-11H2,1H3. The summed E-state index contributed by atoms with van der Waals surface area (Å²) in [5.41, 5.74) is 1.41. The molecule has 15 heavy (non-hydrogen) atoms. The van der Waals surface area contributed by atoms with E-state index in [0.717, 1.165) is 32.5 Å². The fourth-order valence-corrected chi connectivity index (χ4v) is 2.01. The van der Waals surface area contributed by atoms with Gasteiger partial charge in [0, 0.05) is 13.1 Å². The molecule has 2 rings (SSSR count). The van der Waals surface area contributed by atoms with Crippen LogP contribution < -0.4 is 0 Å². The van der Waals surface area contributed by atoms with Crippen molar-refractivity contribution in [2.45, 2.75) is 18.9 Å². The number of likely N-dealkylation sites (N-methyl/N-ethyl adjacent to an activating group) is 1. The van der Waals surface area contributed by atoms with E-state index in [4.69, 9.17) is 4.74 Å². The van der Waals surface area contributed by atoms with Crippen molar-refractivity contribution in [1.82, 2.24) is 4.90 Å². The van der Waals surface area contributed by atoms with Crippen molar-refractivity contribution >= 4 is 0 Å². The average Bonchev–Trinajstić information content (AvgIpc) is 2.28. The smallest absolute Gasteiger partial charge is 0.0705 e. The summed E-state index contributed by atoms with van der Waals surface area (Å²) >= 11 is 0. The molecule has 0 aliphatic carbocycles. The fraction of sp³-hybridized carbons (Fsp3) is 0.538. The molecular weight excluding hydrogens is 186 g/mol. The highest BCUT2D eigenvalue weighted by Gasteiger charge is 2.16. The largest absolute Gasteiger partial charge is 0.376 e. The van der Waals surface area contributed by atoms with E-state index in [9.17, 15) is 0 Å². The summed E-state index contributed by atoms with van der Waals surface area (Å²) in [4.78, 5) is 2.35. The van der Waals surface area contributed by atoms with Gasteiger partial charge in [0.25, 0.3) is 0 Å². The van der Waals surface area contributed by atoms with Crippen LogP contribution >= 0.6 is 0 Å². The normalized spacial score (nSPS) is 22.9. The second-order valence-corrected chi connectivity index (χ2v) is 4.28. The Kier molecular flexibility index (Phi) is 3.75. The third-order valence-corrected chi connectivity index (χ3v) is 2.94. The van der Waals surface area contributed by atoms with Crippen LogP contribution in [-0.2, 0) is 11.2 Å². The third kappa shape index (κ3) is 3.33. The van der Waals surface area contributed by atoms with Crippen molar-refractivity contribution in [3.8, 4) is 0 Å². The van der Waals surface area contributed by atoms with E-state index in [0.29, 0.717) is 6.10 Å². The highest BCUT2D eigenvalue weighted by Crippen LogP contribution is 2.11. The van der Waals surface area contributed by atoms with E-state index in [1.54, 1.807) is 0 Å². The molecule has 82 valence electrons. The van der Waals surface area contributed by atoms with Gasteiger partial charge in [-0.2, -0.15) is 0 Å². The van der Waals surface area contributed by atoms with E-state index < -0.39 is 0 Å². The Morgan fingerprint density at radius 1 is 1.33 bits per heavy atom. The molecule has 0 radical (unpaired) electrons. The van der Waals surface area contributed by atoms with Crippen LogP contribution in [0.5, 0.6) is 0 Å². The number of nitrogens with zero attached hydrogens (tertiary/aromatic N) is 1. The van der Waals surface area contributed by atoms with Crippen molar-refractivity contribution in [3.05, 3.63) is 35.9 Å².